The molecule has 2 heterocycles. The first kappa shape index (κ1) is 18.3. The zero-order chi connectivity index (χ0) is 18.1. The van der Waals surface area contributed by atoms with Gasteiger partial charge in [0.15, 0.2) is 0 Å². The van der Waals surface area contributed by atoms with Gasteiger partial charge in [-0.3, -0.25) is 9.48 Å². The van der Waals surface area contributed by atoms with Crippen molar-refractivity contribution in [1.82, 2.24) is 19.6 Å². The maximum atomic E-state index is 12.7. The average Bonchev–Trinajstić information content (AvgIpc) is 2.84. The summed E-state index contributed by atoms with van der Waals surface area (Å²) in [6.07, 6.45) is 2.99. The van der Waals surface area contributed by atoms with Gasteiger partial charge in [0.2, 0.25) is 0 Å². The molecule has 0 N–H and O–H groups in total. The number of nitrogens with zero attached hydrogens (tertiary/aromatic N) is 4. The standard InChI is InChI=1S/C17H28N4O3/c1-12-14(10-18-20(12)6)15(22)21-9-7-8-13(11-21)19(5)16(23)24-17(2,3)4/h10,13H,7-9,11H2,1-6H3. The van der Waals surface area contributed by atoms with Gasteiger partial charge in [0.05, 0.1) is 17.8 Å². The van der Waals surface area contributed by atoms with Crippen molar-refractivity contribution in [2.75, 3.05) is 20.1 Å². The minimum atomic E-state index is -0.525. The summed E-state index contributed by atoms with van der Waals surface area (Å²) in [6, 6.07) is -0.0328. The third kappa shape index (κ3) is 4.07. The topological polar surface area (TPSA) is 67.7 Å². The fourth-order valence-electron chi connectivity index (χ4n) is 2.82. The molecule has 7 nitrogen and oxygen atoms in total. The SMILES string of the molecule is Cc1c(C(=O)N2CCCC(N(C)C(=O)OC(C)(C)C)C2)cnn1C. The van der Waals surface area contributed by atoms with Gasteiger partial charge in [-0.15, -0.1) is 0 Å². The van der Waals surface area contributed by atoms with Crippen LogP contribution in [0.4, 0.5) is 4.79 Å². The number of aromatic nitrogens is 2. The van der Waals surface area contributed by atoms with Crippen molar-refractivity contribution in [2.24, 2.45) is 7.05 Å². The largest absolute Gasteiger partial charge is 0.444 e. The molecular formula is C17H28N4O3. The Hall–Kier alpha value is -2.05. The van der Waals surface area contributed by atoms with Gasteiger partial charge in [0.25, 0.3) is 5.91 Å². The van der Waals surface area contributed by atoms with Gasteiger partial charge in [-0.05, 0) is 40.5 Å². The van der Waals surface area contributed by atoms with Crippen LogP contribution in [-0.2, 0) is 11.8 Å². The van der Waals surface area contributed by atoms with Crippen molar-refractivity contribution >= 4 is 12.0 Å². The van der Waals surface area contributed by atoms with E-state index in [1.807, 2.05) is 34.7 Å². The maximum absolute atomic E-state index is 12.7. The summed E-state index contributed by atoms with van der Waals surface area (Å²) in [7, 11) is 3.56. The van der Waals surface area contributed by atoms with E-state index < -0.39 is 5.60 Å². The summed E-state index contributed by atoms with van der Waals surface area (Å²) in [5, 5.41) is 4.14. The number of carbonyl (C=O) groups excluding carboxylic acids is 2. The lowest BCUT2D eigenvalue weighted by Crippen LogP contribution is -2.51. The lowest BCUT2D eigenvalue weighted by molar-refractivity contribution is 0.0131. The van der Waals surface area contributed by atoms with E-state index in [1.165, 1.54) is 0 Å². The first-order valence-corrected chi connectivity index (χ1v) is 8.34. The Morgan fingerprint density at radius 1 is 1.38 bits per heavy atom. The Labute approximate surface area is 143 Å². The summed E-state index contributed by atoms with van der Waals surface area (Å²) < 4.78 is 7.12. The van der Waals surface area contributed by atoms with Crippen LogP contribution in [-0.4, -0.2) is 63.4 Å². The van der Waals surface area contributed by atoms with Crippen LogP contribution in [0.25, 0.3) is 0 Å². The molecule has 1 unspecified atom stereocenters. The van der Waals surface area contributed by atoms with E-state index in [2.05, 4.69) is 5.10 Å². The number of hydrogen-bond acceptors (Lipinski definition) is 4. The van der Waals surface area contributed by atoms with Crippen LogP contribution in [0.5, 0.6) is 0 Å². The average molecular weight is 336 g/mol. The lowest BCUT2D eigenvalue weighted by atomic mass is 10.0. The first-order chi connectivity index (χ1) is 11.1. The summed E-state index contributed by atoms with van der Waals surface area (Å²) in [5.74, 6) is -0.0251. The predicted octanol–water partition coefficient (Wildman–Crippen LogP) is 2.20. The molecule has 24 heavy (non-hydrogen) atoms. The van der Waals surface area contributed by atoms with Crippen LogP contribution in [0.3, 0.4) is 0 Å². The van der Waals surface area contributed by atoms with Crippen molar-refractivity contribution < 1.29 is 14.3 Å². The molecule has 0 spiro atoms. The number of carbonyl (C=O) groups is 2. The second kappa shape index (κ2) is 6.83. The zero-order valence-electron chi connectivity index (χ0n) is 15.5. The molecule has 0 aliphatic carbocycles. The molecular weight excluding hydrogens is 308 g/mol. The first-order valence-electron chi connectivity index (χ1n) is 8.34. The molecule has 0 aromatic carbocycles. The smallest absolute Gasteiger partial charge is 0.410 e. The van der Waals surface area contributed by atoms with E-state index in [9.17, 15) is 9.59 Å². The molecule has 7 heteroatoms. The molecule has 2 amide bonds. The van der Waals surface area contributed by atoms with Crippen LogP contribution in [0.15, 0.2) is 6.20 Å². The van der Waals surface area contributed by atoms with E-state index in [4.69, 9.17) is 4.74 Å². The van der Waals surface area contributed by atoms with Crippen molar-refractivity contribution in [3.63, 3.8) is 0 Å². The molecule has 134 valence electrons. The molecule has 1 atom stereocenters. The van der Waals surface area contributed by atoms with Crippen molar-refractivity contribution in [3.05, 3.63) is 17.5 Å². The molecule has 0 radical (unpaired) electrons. The minimum Gasteiger partial charge on any atom is -0.444 e. The van der Waals surface area contributed by atoms with E-state index in [0.717, 1.165) is 18.5 Å². The normalized spacial score (nSPS) is 18.4. The Kier molecular flexibility index (Phi) is 5.20. The van der Waals surface area contributed by atoms with Crippen LogP contribution >= 0.6 is 0 Å². The van der Waals surface area contributed by atoms with Gasteiger partial charge in [-0.1, -0.05) is 0 Å². The molecule has 1 aliphatic rings. The number of amides is 2. The number of ether oxygens (including phenoxy) is 1. The third-order valence-corrected chi connectivity index (χ3v) is 4.38. The van der Waals surface area contributed by atoms with E-state index in [0.29, 0.717) is 18.7 Å². The molecule has 1 aromatic rings. The number of piperidine rings is 1. The Morgan fingerprint density at radius 2 is 2.04 bits per heavy atom. The van der Waals surface area contributed by atoms with Gasteiger partial charge >= 0.3 is 6.09 Å². The van der Waals surface area contributed by atoms with Crippen LogP contribution in [0.1, 0.15) is 49.7 Å². The van der Waals surface area contributed by atoms with Crippen LogP contribution in [0.2, 0.25) is 0 Å². The van der Waals surface area contributed by atoms with Crippen molar-refractivity contribution in [3.8, 4) is 0 Å². The van der Waals surface area contributed by atoms with E-state index >= 15 is 0 Å². The number of rotatable bonds is 2. The maximum Gasteiger partial charge on any atom is 0.410 e. The number of likely N-dealkylation sites (tertiary alicyclic amines) is 1. The molecule has 1 saturated heterocycles. The molecule has 1 fully saturated rings. The van der Waals surface area contributed by atoms with Gasteiger partial charge < -0.3 is 14.5 Å². The van der Waals surface area contributed by atoms with Gasteiger partial charge in [-0.25, -0.2) is 4.79 Å². The fourth-order valence-corrected chi connectivity index (χ4v) is 2.82. The second-order valence-corrected chi connectivity index (χ2v) is 7.41. The number of aryl methyl sites for hydroxylation is 1. The highest BCUT2D eigenvalue weighted by Gasteiger charge is 2.32. The monoisotopic (exact) mass is 336 g/mol. The molecule has 0 bridgehead atoms. The Balaban J connectivity index is 2.05. The van der Waals surface area contributed by atoms with Crippen LogP contribution in [0, 0.1) is 6.92 Å². The molecule has 2 rings (SSSR count). The fraction of sp³-hybridized carbons (Fsp3) is 0.706. The highest BCUT2D eigenvalue weighted by Crippen LogP contribution is 2.20. The molecule has 0 saturated carbocycles. The van der Waals surface area contributed by atoms with Crippen LogP contribution < -0.4 is 0 Å². The van der Waals surface area contributed by atoms with Gasteiger partial charge in [0, 0.05) is 32.9 Å². The highest BCUT2D eigenvalue weighted by molar-refractivity contribution is 5.95. The highest BCUT2D eigenvalue weighted by atomic mass is 16.6. The summed E-state index contributed by atoms with van der Waals surface area (Å²) in [6.45, 7) is 8.64. The third-order valence-electron chi connectivity index (χ3n) is 4.38. The Morgan fingerprint density at radius 3 is 2.58 bits per heavy atom. The van der Waals surface area contributed by atoms with Gasteiger partial charge in [0.1, 0.15) is 5.60 Å². The summed E-state index contributed by atoms with van der Waals surface area (Å²) in [5.41, 5.74) is 0.947. The molecule has 1 aliphatic heterocycles. The predicted molar refractivity (Wildman–Crippen MR) is 90.9 cm³/mol. The van der Waals surface area contributed by atoms with E-state index in [-0.39, 0.29) is 18.0 Å². The number of likely N-dealkylation sites (N-methyl/N-ethyl adjacent to an activating group) is 1. The second-order valence-electron chi connectivity index (χ2n) is 7.41. The Bertz CT molecular complexity index is 618. The minimum absolute atomic E-state index is 0.0251. The van der Waals surface area contributed by atoms with Crippen molar-refractivity contribution in [2.45, 2.75) is 52.2 Å². The summed E-state index contributed by atoms with van der Waals surface area (Å²) >= 11 is 0. The van der Waals surface area contributed by atoms with Crippen molar-refractivity contribution in [1.29, 1.82) is 0 Å². The summed E-state index contributed by atoms with van der Waals surface area (Å²) in [4.78, 5) is 28.4. The van der Waals surface area contributed by atoms with Gasteiger partial charge in [-0.2, -0.15) is 5.10 Å². The number of hydrogen-bond donors (Lipinski definition) is 0. The van der Waals surface area contributed by atoms with E-state index in [1.54, 1.807) is 27.7 Å². The molecule has 1 aromatic heterocycles. The quantitative estimate of drug-likeness (QED) is 0.830. The lowest BCUT2D eigenvalue weighted by Gasteiger charge is -2.38. The zero-order valence-corrected chi connectivity index (χ0v) is 15.5.